The second-order valence-corrected chi connectivity index (χ2v) is 4.65. The van der Waals surface area contributed by atoms with Gasteiger partial charge in [0.15, 0.2) is 0 Å². The van der Waals surface area contributed by atoms with Crippen molar-refractivity contribution in [3.05, 3.63) is 16.4 Å². The van der Waals surface area contributed by atoms with Crippen LogP contribution in [-0.2, 0) is 4.79 Å². The number of piperidine rings is 1. The van der Waals surface area contributed by atoms with Crippen LogP contribution >= 0.6 is 0 Å². The van der Waals surface area contributed by atoms with Crippen LogP contribution in [0.25, 0.3) is 0 Å². The molecule has 108 valence electrons. The van der Waals surface area contributed by atoms with Crippen LogP contribution in [0.2, 0.25) is 0 Å². The summed E-state index contributed by atoms with van der Waals surface area (Å²) in [5.74, 6) is 0.0356. The lowest BCUT2D eigenvalue weighted by Gasteiger charge is -2.32. The van der Waals surface area contributed by atoms with Crippen molar-refractivity contribution in [1.82, 2.24) is 15.3 Å². The van der Waals surface area contributed by atoms with Gasteiger partial charge in [0, 0.05) is 26.1 Å². The Bertz CT molecular complexity index is 527. The van der Waals surface area contributed by atoms with E-state index in [4.69, 9.17) is 5.73 Å². The minimum atomic E-state index is -0.565. The summed E-state index contributed by atoms with van der Waals surface area (Å²) in [4.78, 5) is 30.9. The van der Waals surface area contributed by atoms with Gasteiger partial charge in [0.2, 0.25) is 17.5 Å². The van der Waals surface area contributed by atoms with Crippen LogP contribution in [0.3, 0.4) is 0 Å². The topological polar surface area (TPSA) is 127 Å². The number of carbonyl (C=O) groups is 1. The number of amides is 1. The van der Waals surface area contributed by atoms with Crippen molar-refractivity contribution in [2.75, 3.05) is 23.7 Å². The summed E-state index contributed by atoms with van der Waals surface area (Å²) in [5, 5.41) is 13.9. The van der Waals surface area contributed by atoms with E-state index < -0.39 is 4.92 Å². The van der Waals surface area contributed by atoms with Gasteiger partial charge in [-0.05, 0) is 12.8 Å². The Hall–Kier alpha value is -2.45. The van der Waals surface area contributed by atoms with Gasteiger partial charge >= 0.3 is 5.69 Å². The Morgan fingerprint density at radius 2 is 2.15 bits per heavy atom. The Balaban J connectivity index is 2.13. The Kier molecular flexibility index (Phi) is 3.97. The van der Waals surface area contributed by atoms with E-state index in [0.29, 0.717) is 25.9 Å². The number of nitrogens with one attached hydrogen (secondary N) is 1. The van der Waals surface area contributed by atoms with Crippen molar-refractivity contribution in [3.8, 4) is 0 Å². The number of carbonyl (C=O) groups excluding carboxylic acids is 1. The summed E-state index contributed by atoms with van der Waals surface area (Å²) < 4.78 is 0. The molecule has 0 spiro atoms. The second-order valence-electron chi connectivity index (χ2n) is 4.65. The standard InChI is InChI=1S/C11H16N6O3/c1-7(18)15-8-2-4-16(5-3-8)11-9(17(19)20)10(12)13-6-14-11/h6,8H,2-5H2,1H3,(H,15,18)(H2,12,13,14). The van der Waals surface area contributed by atoms with Gasteiger partial charge in [0.25, 0.3) is 0 Å². The fourth-order valence-electron chi connectivity index (χ4n) is 2.31. The van der Waals surface area contributed by atoms with Gasteiger partial charge in [-0.1, -0.05) is 0 Å². The molecule has 1 fully saturated rings. The highest BCUT2D eigenvalue weighted by molar-refractivity contribution is 5.73. The molecular formula is C11H16N6O3. The zero-order valence-electron chi connectivity index (χ0n) is 11.1. The number of nitrogen functional groups attached to an aromatic ring is 1. The summed E-state index contributed by atoms with van der Waals surface area (Å²) >= 11 is 0. The third kappa shape index (κ3) is 2.92. The summed E-state index contributed by atoms with van der Waals surface area (Å²) in [6.07, 6.45) is 2.64. The first kappa shape index (κ1) is 14.0. The van der Waals surface area contributed by atoms with Gasteiger partial charge in [-0.15, -0.1) is 0 Å². The Morgan fingerprint density at radius 1 is 1.50 bits per heavy atom. The lowest BCUT2D eigenvalue weighted by atomic mass is 10.0. The van der Waals surface area contributed by atoms with E-state index in [-0.39, 0.29) is 29.3 Å². The van der Waals surface area contributed by atoms with Crippen LogP contribution in [0.1, 0.15) is 19.8 Å². The number of nitro groups is 1. The molecule has 1 aromatic rings. The average Bonchev–Trinajstić information content (AvgIpc) is 2.38. The smallest absolute Gasteiger partial charge is 0.353 e. The second kappa shape index (κ2) is 5.68. The van der Waals surface area contributed by atoms with Crippen LogP contribution in [0, 0.1) is 10.1 Å². The molecule has 1 aromatic heterocycles. The molecule has 2 rings (SSSR count). The van der Waals surface area contributed by atoms with Crippen molar-refractivity contribution in [3.63, 3.8) is 0 Å². The van der Waals surface area contributed by atoms with Crippen LogP contribution in [0.4, 0.5) is 17.3 Å². The van der Waals surface area contributed by atoms with Crippen molar-refractivity contribution >= 4 is 23.2 Å². The number of hydrogen-bond acceptors (Lipinski definition) is 7. The highest BCUT2D eigenvalue weighted by Gasteiger charge is 2.28. The molecule has 0 saturated carbocycles. The third-order valence-corrected chi connectivity index (χ3v) is 3.22. The molecule has 0 atom stereocenters. The zero-order valence-corrected chi connectivity index (χ0v) is 11.1. The molecule has 1 aliphatic heterocycles. The van der Waals surface area contributed by atoms with Crippen molar-refractivity contribution < 1.29 is 9.72 Å². The molecule has 0 radical (unpaired) electrons. The van der Waals surface area contributed by atoms with E-state index in [9.17, 15) is 14.9 Å². The molecule has 9 heteroatoms. The minimum absolute atomic E-state index is 0.0688. The summed E-state index contributed by atoms with van der Waals surface area (Å²) in [6.45, 7) is 2.62. The van der Waals surface area contributed by atoms with E-state index in [0.717, 1.165) is 0 Å². The van der Waals surface area contributed by atoms with E-state index in [2.05, 4.69) is 15.3 Å². The molecule has 1 saturated heterocycles. The minimum Gasteiger partial charge on any atom is -0.378 e. The van der Waals surface area contributed by atoms with E-state index in [1.54, 1.807) is 4.90 Å². The van der Waals surface area contributed by atoms with Crippen molar-refractivity contribution in [2.24, 2.45) is 0 Å². The SMILES string of the molecule is CC(=O)NC1CCN(c2ncnc(N)c2[N+](=O)[O-])CC1. The molecule has 1 aliphatic rings. The Labute approximate surface area is 115 Å². The average molecular weight is 280 g/mol. The highest BCUT2D eigenvalue weighted by atomic mass is 16.6. The molecule has 0 unspecified atom stereocenters. The molecule has 0 aliphatic carbocycles. The van der Waals surface area contributed by atoms with E-state index in [1.807, 2.05) is 0 Å². The summed E-state index contributed by atoms with van der Waals surface area (Å²) in [6, 6.07) is 0.0991. The van der Waals surface area contributed by atoms with Crippen LogP contribution in [0.15, 0.2) is 6.33 Å². The monoisotopic (exact) mass is 280 g/mol. The molecule has 0 aromatic carbocycles. The number of nitrogens with zero attached hydrogens (tertiary/aromatic N) is 4. The summed E-state index contributed by atoms with van der Waals surface area (Å²) in [5.41, 5.74) is 5.29. The lowest BCUT2D eigenvalue weighted by molar-refractivity contribution is -0.383. The fraction of sp³-hybridized carbons (Fsp3) is 0.545. The first-order chi connectivity index (χ1) is 9.49. The largest absolute Gasteiger partial charge is 0.378 e. The molecular weight excluding hydrogens is 264 g/mol. The third-order valence-electron chi connectivity index (χ3n) is 3.22. The van der Waals surface area contributed by atoms with Gasteiger partial charge in [-0.3, -0.25) is 14.9 Å². The number of hydrogen-bond donors (Lipinski definition) is 2. The van der Waals surface area contributed by atoms with Crippen LogP contribution in [-0.4, -0.2) is 39.9 Å². The first-order valence-electron chi connectivity index (χ1n) is 6.26. The van der Waals surface area contributed by atoms with Gasteiger partial charge in [0.1, 0.15) is 6.33 Å². The van der Waals surface area contributed by atoms with Crippen LogP contribution in [0.5, 0.6) is 0 Å². The van der Waals surface area contributed by atoms with E-state index >= 15 is 0 Å². The van der Waals surface area contributed by atoms with Crippen molar-refractivity contribution in [1.29, 1.82) is 0 Å². The molecule has 9 nitrogen and oxygen atoms in total. The quantitative estimate of drug-likeness (QED) is 0.592. The fourth-order valence-corrected chi connectivity index (χ4v) is 2.31. The normalized spacial score (nSPS) is 15.9. The molecule has 2 heterocycles. The molecule has 20 heavy (non-hydrogen) atoms. The summed E-state index contributed by atoms with van der Waals surface area (Å²) in [7, 11) is 0. The number of rotatable bonds is 3. The van der Waals surface area contributed by atoms with Gasteiger partial charge in [-0.25, -0.2) is 9.97 Å². The molecule has 0 bridgehead atoms. The Morgan fingerprint density at radius 3 is 2.70 bits per heavy atom. The zero-order chi connectivity index (χ0) is 14.7. The first-order valence-corrected chi connectivity index (χ1v) is 6.26. The lowest BCUT2D eigenvalue weighted by Crippen LogP contribution is -2.44. The van der Waals surface area contributed by atoms with Crippen molar-refractivity contribution in [2.45, 2.75) is 25.8 Å². The molecule has 1 amide bonds. The van der Waals surface area contributed by atoms with Crippen LogP contribution < -0.4 is 16.0 Å². The maximum Gasteiger partial charge on any atom is 0.353 e. The molecule has 3 N–H and O–H groups in total. The maximum atomic E-state index is 11.1. The number of nitrogens with two attached hydrogens (primary N) is 1. The van der Waals surface area contributed by atoms with E-state index in [1.165, 1.54) is 13.3 Å². The van der Waals surface area contributed by atoms with Gasteiger partial charge in [0.05, 0.1) is 4.92 Å². The highest BCUT2D eigenvalue weighted by Crippen LogP contribution is 2.31. The number of anilines is 2. The predicted molar refractivity (Wildman–Crippen MR) is 72.2 cm³/mol. The van der Waals surface area contributed by atoms with Gasteiger partial charge in [-0.2, -0.15) is 0 Å². The number of aromatic nitrogens is 2. The maximum absolute atomic E-state index is 11.1. The predicted octanol–water partition coefficient (Wildman–Crippen LogP) is 0.0719. The van der Waals surface area contributed by atoms with Gasteiger partial charge < -0.3 is 16.0 Å².